The Hall–Kier alpha value is -4.60. The lowest BCUT2D eigenvalue weighted by Gasteiger charge is -2.16. The fourth-order valence-electron chi connectivity index (χ4n) is 7.10. The van der Waals surface area contributed by atoms with Crippen LogP contribution in [0.3, 0.4) is 0 Å². The van der Waals surface area contributed by atoms with Gasteiger partial charge in [0, 0.05) is 74.1 Å². The van der Waals surface area contributed by atoms with Crippen molar-refractivity contribution in [3.63, 3.8) is 0 Å². The van der Waals surface area contributed by atoms with Crippen LogP contribution in [-0.2, 0) is 45.8 Å². The van der Waals surface area contributed by atoms with E-state index < -0.39 is 0 Å². The van der Waals surface area contributed by atoms with Gasteiger partial charge >= 0.3 is 0 Å². The molecule has 7 aromatic heterocycles. The molecule has 0 radical (unpaired) electrons. The molecule has 0 atom stereocenters. The Morgan fingerprint density at radius 1 is 0.289 bits per heavy atom. The predicted molar refractivity (Wildman–Crippen MR) is 356 cm³/mol. The Balaban J connectivity index is 0.000000251. The van der Waals surface area contributed by atoms with Gasteiger partial charge in [0.25, 0.3) is 0 Å². The van der Waals surface area contributed by atoms with Crippen LogP contribution in [0.4, 0.5) is 0 Å². The van der Waals surface area contributed by atoms with Gasteiger partial charge in [-0.25, -0.2) is 32.8 Å². The standard InChI is InChI=1S/C18H35N15S3.C18H36N10S2.C12H22N10S2/c1-28(2)7-10-31-16(19-22-25-31)34-13-15(36-18-21-24-27-33(18)12-9-30(5)6)14-35-17-20-23-26-32(17)11-8-29(3)4;1-25(2)11-13-27-17(19-21-23-27)29-15-9-7-5-6-8-10-16-30-18-20-22-24-28(18)14-12-26(3)4;1-19(2)5-7-21-11(13-15-17-21)23-9-10-24-12-14-16-18-22(12)8-6-20(3)4/h15H,7-14H2,1-6H3;5-16H2,1-4H3;9-10H,5-8H2,1-4H3/b;;10-9+. The number of nitrogens with zero attached hydrogens (tertiary/aromatic N) is 35. The second kappa shape index (κ2) is 44.1. The third-order valence-electron chi connectivity index (χ3n) is 12.3. The molecule has 0 N–H and O–H groups in total. The van der Waals surface area contributed by atoms with Gasteiger partial charge in [0.2, 0.25) is 36.1 Å². The van der Waals surface area contributed by atoms with Crippen LogP contribution in [-0.4, -0.2) is 348 Å². The van der Waals surface area contributed by atoms with E-state index in [1.54, 1.807) is 68.2 Å². The summed E-state index contributed by atoms with van der Waals surface area (Å²) in [5.74, 6) is 3.71. The van der Waals surface area contributed by atoms with Gasteiger partial charge in [-0.15, -0.1) is 35.7 Å². The molecule has 7 aromatic rings. The van der Waals surface area contributed by atoms with Crippen LogP contribution in [0.1, 0.15) is 38.5 Å². The molecule has 0 saturated carbocycles. The van der Waals surface area contributed by atoms with E-state index in [0.29, 0.717) is 0 Å². The number of hydrogen-bond donors (Lipinski definition) is 0. The minimum atomic E-state index is 0.169. The first kappa shape index (κ1) is 76.1. The second-order valence-corrected chi connectivity index (χ2v) is 29.2. The summed E-state index contributed by atoms with van der Waals surface area (Å²) in [6, 6.07) is 0. The van der Waals surface area contributed by atoms with E-state index in [1.165, 1.54) is 62.0 Å². The van der Waals surface area contributed by atoms with Gasteiger partial charge in [0.05, 0.1) is 45.8 Å². The minimum absolute atomic E-state index is 0.169. The zero-order chi connectivity index (χ0) is 64.9. The molecule has 0 aliphatic heterocycles. The van der Waals surface area contributed by atoms with E-state index in [4.69, 9.17) is 0 Å². The molecule has 35 nitrogen and oxygen atoms in total. The molecule has 502 valence electrons. The van der Waals surface area contributed by atoms with E-state index in [0.717, 1.165) is 151 Å². The lowest BCUT2D eigenvalue weighted by atomic mass is 10.1. The summed E-state index contributed by atoms with van der Waals surface area (Å²) < 4.78 is 12.9. The van der Waals surface area contributed by atoms with Gasteiger partial charge in [0.15, 0.2) is 0 Å². The van der Waals surface area contributed by atoms with Crippen molar-refractivity contribution in [2.24, 2.45) is 0 Å². The van der Waals surface area contributed by atoms with Crippen LogP contribution < -0.4 is 0 Å². The Morgan fingerprint density at radius 3 is 0.789 bits per heavy atom. The predicted octanol–water partition coefficient (Wildman–Crippen LogP) is 1.52. The summed E-state index contributed by atoms with van der Waals surface area (Å²) in [7, 11) is 28.5. The van der Waals surface area contributed by atoms with Crippen molar-refractivity contribution in [2.75, 3.05) is 167 Å². The molecular weight excluding hydrogens is 1290 g/mol. The SMILES string of the molecule is CN(C)CCn1nnnc1S/C=C/Sc1nnnn1CCN(C)C.CN(C)CCn1nnnc1SCC(CSc1nnnn1CCN(C)C)Sc1nnnn1CCN(C)C.CN(C)CCn1nnnc1SCCCCCCCCSc1nnnn1CCN(C)C. The van der Waals surface area contributed by atoms with Crippen molar-refractivity contribution in [2.45, 2.75) is 126 Å². The van der Waals surface area contributed by atoms with Crippen molar-refractivity contribution >= 4 is 82.3 Å². The van der Waals surface area contributed by atoms with Crippen LogP contribution in [0, 0.1) is 0 Å². The Morgan fingerprint density at radius 2 is 0.511 bits per heavy atom. The number of rotatable bonds is 44. The quantitative estimate of drug-likeness (QED) is 0.0386. The molecule has 0 unspecified atom stereocenters. The Kier molecular flexibility index (Phi) is 37.3. The number of aromatic nitrogens is 28. The molecule has 42 heteroatoms. The van der Waals surface area contributed by atoms with Crippen molar-refractivity contribution in [3.05, 3.63) is 10.8 Å². The molecule has 7 heterocycles. The Bertz CT molecular complexity index is 2780. The van der Waals surface area contributed by atoms with Crippen LogP contribution >= 0.6 is 82.3 Å². The molecule has 0 aliphatic carbocycles. The average molecular weight is 1380 g/mol. The summed E-state index contributed by atoms with van der Waals surface area (Å²) in [5, 5.41) is 94.3. The Labute approximate surface area is 558 Å². The number of hydrogen-bond acceptors (Lipinski definition) is 35. The maximum Gasteiger partial charge on any atom is 0.213 e. The number of tetrazole rings is 7. The number of likely N-dealkylation sites (N-methyl/N-ethyl adjacent to an activating group) is 7. The topological polar surface area (TPSA) is 328 Å². The highest BCUT2D eigenvalue weighted by Crippen LogP contribution is 2.31. The highest BCUT2D eigenvalue weighted by molar-refractivity contribution is 8.05. The van der Waals surface area contributed by atoms with E-state index in [1.807, 2.05) is 105 Å². The third-order valence-corrected chi connectivity index (χ3v) is 19.9. The van der Waals surface area contributed by atoms with Gasteiger partial charge < -0.3 is 34.3 Å². The highest BCUT2D eigenvalue weighted by atomic mass is 32.2. The molecule has 0 spiro atoms. The minimum Gasteiger partial charge on any atom is -0.308 e. The molecule has 0 fully saturated rings. The first-order valence-electron chi connectivity index (χ1n) is 29.5. The smallest absolute Gasteiger partial charge is 0.213 e. The number of unbranched alkanes of at least 4 members (excludes halogenated alkanes) is 5. The summed E-state index contributed by atoms with van der Waals surface area (Å²) in [4.78, 5) is 14.8. The third kappa shape index (κ3) is 31.3. The van der Waals surface area contributed by atoms with Crippen molar-refractivity contribution < 1.29 is 0 Å². The van der Waals surface area contributed by atoms with Crippen LogP contribution in [0.15, 0.2) is 46.9 Å². The molecule has 90 heavy (non-hydrogen) atoms. The summed E-state index contributed by atoms with van der Waals surface area (Å²) in [5.41, 5.74) is 0. The van der Waals surface area contributed by atoms with Gasteiger partial charge in [-0.05, 0) is 195 Å². The van der Waals surface area contributed by atoms with Crippen LogP contribution in [0.25, 0.3) is 0 Å². The van der Waals surface area contributed by atoms with Gasteiger partial charge in [0.1, 0.15) is 0 Å². The maximum absolute atomic E-state index is 4.28. The fraction of sp³-hybridized carbons (Fsp3) is 0.812. The van der Waals surface area contributed by atoms with E-state index in [-0.39, 0.29) is 5.25 Å². The van der Waals surface area contributed by atoms with Crippen molar-refractivity contribution in [3.8, 4) is 0 Å². The average Bonchev–Trinajstić information content (AvgIpc) is 4.16. The lowest BCUT2D eigenvalue weighted by Crippen LogP contribution is -2.21. The van der Waals surface area contributed by atoms with Crippen molar-refractivity contribution in [1.82, 2.24) is 176 Å². The van der Waals surface area contributed by atoms with Crippen LogP contribution in [0.2, 0.25) is 0 Å². The largest absolute Gasteiger partial charge is 0.308 e. The molecule has 0 amide bonds. The first-order chi connectivity index (χ1) is 43.4. The van der Waals surface area contributed by atoms with Gasteiger partial charge in [-0.1, -0.05) is 108 Å². The molecule has 7 rings (SSSR count). The maximum atomic E-state index is 4.28. The van der Waals surface area contributed by atoms with E-state index in [2.05, 4.69) is 171 Å². The lowest BCUT2D eigenvalue weighted by molar-refractivity contribution is 0.361. The fourth-order valence-corrected chi connectivity index (χ4v) is 13.6. The molecular formula is C48H93N35S7. The normalized spacial score (nSPS) is 12.0. The number of thioether (sulfide) groups is 7. The van der Waals surface area contributed by atoms with Gasteiger partial charge in [-0.3, -0.25) is 0 Å². The van der Waals surface area contributed by atoms with Gasteiger partial charge in [-0.2, -0.15) is 0 Å². The highest BCUT2D eigenvalue weighted by Gasteiger charge is 2.21. The van der Waals surface area contributed by atoms with Crippen LogP contribution in [0.5, 0.6) is 0 Å². The summed E-state index contributed by atoms with van der Waals surface area (Å²) in [6.45, 7) is 11.6. The molecule has 0 aromatic carbocycles. The molecule has 0 saturated heterocycles. The molecule has 0 bridgehead atoms. The summed E-state index contributed by atoms with van der Waals surface area (Å²) >= 11 is 11.4. The van der Waals surface area contributed by atoms with E-state index >= 15 is 0 Å². The zero-order valence-corrected chi connectivity index (χ0v) is 60.4. The monoisotopic (exact) mass is 1380 g/mol. The van der Waals surface area contributed by atoms with E-state index in [9.17, 15) is 0 Å². The second-order valence-electron chi connectivity index (χ2n) is 22.1. The first-order valence-corrected chi connectivity index (χ1v) is 36.0. The summed E-state index contributed by atoms with van der Waals surface area (Å²) in [6.07, 6.45) is 7.53. The zero-order valence-electron chi connectivity index (χ0n) is 54.7. The molecule has 0 aliphatic rings. The van der Waals surface area contributed by atoms with Crippen molar-refractivity contribution in [1.29, 1.82) is 0 Å².